The topological polar surface area (TPSA) is 46.6 Å². The van der Waals surface area contributed by atoms with Crippen LogP contribution in [-0.4, -0.2) is 18.3 Å². The number of rotatable bonds is 8. The molecule has 0 aliphatic carbocycles. The summed E-state index contributed by atoms with van der Waals surface area (Å²) in [7, 11) is 0. The van der Waals surface area contributed by atoms with Gasteiger partial charge in [-0.1, -0.05) is 85.8 Å². The number of carbonyl (C=O) groups is 2. The van der Waals surface area contributed by atoms with E-state index in [1.54, 1.807) is 4.90 Å². The van der Waals surface area contributed by atoms with Crippen molar-refractivity contribution in [2.45, 2.75) is 26.0 Å². The van der Waals surface area contributed by atoms with Gasteiger partial charge in [0.25, 0.3) is 0 Å². The third kappa shape index (κ3) is 4.19. The Morgan fingerprint density at radius 3 is 2.20 bits per heavy atom. The Balaban J connectivity index is 1.47. The molecule has 0 saturated heterocycles. The van der Waals surface area contributed by atoms with Crippen LogP contribution in [0, 0.1) is 5.92 Å². The largest absolute Gasteiger partial charge is 0.376 e. The zero-order valence-electron chi connectivity index (χ0n) is 17.0. The van der Waals surface area contributed by atoms with Crippen LogP contribution < -0.4 is 4.90 Å². The van der Waals surface area contributed by atoms with Crippen LogP contribution in [0.1, 0.15) is 29.5 Å². The van der Waals surface area contributed by atoms with Crippen molar-refractivity contribution in [2.75, 3.05) is 11.5 Å². The summed E-state index contributed by atoms with van der Waals surface area (Å²) in [6.45, 7) is 3.04. The fourth-order valence-electron chi connectivity index (χ4n) is 3.88. The highest BCUT2D eigenvalue weighted by Crippen LogP contribution is 2.39. The number of nitrogens with zero attached hydrogens (tertiary/aromatic N) is 1. The predicted molar refractivity (Wildman–Crippen MR) is 117 cm³/mol. The molecule has 4 rings (SSSR count). The van der Waals surface area contributed by atoms with E-state index < -0.39 is 5.92 Å². The van der Waals surface area contributed by atoms with E-state index in [0.717, 1.165) is 22.4 Å². The number of anilines is 1. The average molecular weight is 399 g/mol. The second kappa shape index (κ2) is 9.06. The maximum Gasteiger partial charge on any atom is 0.242 e. The second-order valence-corrected chi connectivity index (χ2v) is 7.71. The zero-order chi connectivity index (χ0) is 20.9. The first-order valence-electron chi connectivity index (χ1n) is 10.2. The minimum absolute atomic E-state index is 0.0870. The number of fused-ring (bicyclic) bond motifs is 1. The molecule has 1 unspecified atom stereocenters. The van der Waals surface area contributed by atoms with Crippen molar-refractivity contribution in [2.24, 2.45) is 5.92 Å². The Kier molecular flexibility index (Phi) is 6.05. The molecular formula is C26H25NO3. The fourth-order valence-corrected chi connectivity index (χ4v) is 3.88. The molecule has 1 heterocycles. The molecule has 1 aliphatic rings. The molecule has 0 saturated carbocycles. The molecule has 1 amide bonds. The first-order chi connectivity index (χ1) is 14.6. The van der Waals surface area contributed by atoms with E-state index in [-0.39, 0.29) is 17.6 Å². The first kappa shape index (κ1) is 20.0. The van der Waals surface area contributed by atoms with E-state index in [2.05, 4.69) is 0 Å². The zero-order valence-corrected chi connectivity index (χ0v) is 17.0. The number of hydrogen-bond acceptors (Lipinski definition) is 3. The third-order valence-corrected chi connectivity index (χ3v) is 5.48. The van der Waals surface area contributed by atoms with Crippen LogP contribution in [0.5, 0.6) is 0 Å². The highest BCUT2D eigenvalue weighted by atomic mass is 16.5. The van der Waals surface area contributed by atoms with Crippen molar-refractivity contribution in [3.8, 4) is 0 Å². The standard InChI is InChI=1S/C26H25NO3/c1-19(17-30-18-21-12-6-3-7-13-21)25(28)24-22-14-8-9-15-23(22)27(26(24)29)16-20-10-4-2-5-11-20/h2-15,19,24H,16-18H2,1H3/t19-,24?/m0/s1. The van der Waals surface area contributed by atoms with Gasteiger partial charge in [0.1, 0.15) is 5.92 Å². The van der Waals surface area contributed by atoms with Gasteiger partial charge < -0.3 is 9.64 Å². The summed E-state index contributed by atoms with van der Waals surface area (Å²) in [5, 5.41) is 0. The van der Waals surface area contributed by atoms with Gasteiger partial charge in [-0.25, -0.2) is 0 Å². The smallest absolute Gasteiger partial charge is 0.242 e. The number of Topliss-reactive ketones (excluding diaryl/α,β-unsaturated/α-hetero) is 1. The highest BCUT2D eigenvalue weighted by molar-refractivity contribution is 6.18. The quantitative estimate of drug-likeness (QED) is 0.514. The molecule has 1 aliphatic heterocycles. The van der Waals surface area contributed by atoms with Crippen molar-refractivity contribution in [1.29, 1.82) is 0 Å². The molecule has 3 aromatic carbocycles. The Hall–Kier alpha value is -3.24. The maximum atomic E-state index is 13.3. The van der Waals surface area contributed by atoms with Crippen LogP contribution in [-0.2, 0) is 27.5 Å². The average Bonchev–Trinajstić information content (AvgIpc) is 3.06. The van der Waals surface area contributed by atoms with E-state index in [4.69, 9.17) is 4.74 Å². The number of carbonyl (C=O) groups excluding carboxylic acids is 2. The van der Waals surface area contributed by atoms with Gasteiger partial charge in [0, 0.05) is 11.6 Å². The van der Waals surface area contributed by atoms with Crippen LogP contribution in [0.25, 0.3) is 0 Å². The van der Waals surface area contributed by atoms with Crippen molar-refractivity contribution in [3.05, 3.63) is 102 Å². The molecule has 30 heavy (non-hydrogen) atoms. The summed E-state index contributed by atoms with van der Waals surface area (Å²) in [5.74, 6) is -1.37. The summed E-state index contributed by atoms with van der Waals surface area (Å²) in [5.41, 5.74) is 3.71. The summed E-state index contributed by atoms with van der Waals surface area (Å²) in [4.78, 5) is 28.2. The first-order valence-corrected chi connectivity index (χ1v) is 10.2. The third-order valence-electron chi connectivity index (χ3n) is 5.48. The minimum Gasteiger partial charge on any atom is -0.376 e. The Morgan fingerprint density at radius 2 is 1.50 bits per heavy atom. The summed E-state index contributed by atoms with van der Waals surface area (Å²) in [6.07, 6.45) is 0. The lowest BCUT2D eigenvalue weighted by Crippen LogP contribution is -2.34. The molecule has 0 N–H and O–H groups in total. The lowest BCUT2D eigenvalue weighted by atomic mass is 9.89. The molecule has 2 atom stereocenters. The number of benzene rings is 3. The van der Waals surface area contributed by atoms with Crippen LogP contribution in [0.15, 0.2) is 84.9 Å². The Labute approximate surface area is 177 Å². The van der Waals surface area contributed by atoms with Crippen LogP contribution in [0.4, 0.5) is 5.69 Å². The second-order valence-electron chi connectivity index (χ2n) is 7.71. The van der Waals surface area contributed by atoms with Gasteiger partial charge in [-0.05, 0) is 22.8 Å². The van der Waals surface area contributed by atoms with Gasteiger partial charge >= 0.3 is 0 Å². The molecule has 152 valence electrons. The molecule has 4 nitrogen and oxygen atoms in total. The molecule has 3 aromatic rings. The SMILES string of the molecule is C[C@@H](COCc1ccccc1)C(=O)C1C(=O)N(Cc2ccccc2)c2ccccc21. The van der Waals surface area contributed by atoms with Crippen LogP contribution in [0.3, 0.4) is 0 Å². The molecule has 0 bridgehead atoms. The van der Waals surface area contributed by atoms with Crippen LogP contribution >= 0.6 is 0 Å². The molecule has 0 aromatic heterocycles. The van der Waals surface area contributed by atoms with Crippen molar-refractivity contribution >= 4 is 17.4 Å². The van der Waals surface area contributed by atoms with Crippen molar-refractivity contribution in [1.82, 2.24) is 0 Å². The fraction of sp³-hybridized carbons (Fsp3) is 0.231. The van der Waals surface area contributed by atoms with E-state index in [9.17, 15) is 9.59 Å². The van der Waals surface area contributed by atoms with Gasteiger partial charge in [0.2, 0.25) is 5.91 Å². The number of ether oxygens (including phenoxy) is 1. The summed E-state index contributed by atoms with van der Waals surface area (Å²) < 4.78 is 5.76. The monoisotopic (exact) mass is 399 g/mol. The number of hydrogen-bond donors (Lipinski definition) is 0. The highest BCUT2D eigenvalue weighted by Gasteiger charge is 2.42. The van der Waals surface area contributed by atoms with Gasteiger partial charge in [-0.15, -0.1) is 0 Å². The lowest BCUT2D eigenvalue weighted by Gasteiger charge is -2.19. The Morgan fingerprint density at radius 1 is 0.900 bits per heavy atom. The van der Waals surface area contributed by atoms with E-state index in [1.807, 2.05) is 91.9 Å². The maximum absolute atomic E-state index is 13.3. The summed E-state index contributed by atoms with van der Waals surface area (Å²) >= 11 is 0. The number of ketones is 1. The molecule has 0 fully saturated rings. The lowest BCUT2D eigenvalue weighted by molar-refractivity contribution is -0.131. The normalized spacial score (nSPS) is 16.4. The van der Waals surface area contributed by atoms with Gasteiger partial charge in [0.05, 0.1) is 19.8 Å². The Bertz CT molecular complexity index is 1020. The predicted octanol–water partition coefficient (Wildman–Crippen LogP) is 4.74. The summed E-state index contributed by atoms with van der Waals surface area (Å²) in [6, 6.07) is 27.3. The molecule has 0 spiro atoms. The van der Waals surface area contributed by atoms with E-state index >= 15 is 0 Å². The van der Waals surface area contributed by atoms with Gasteiger partial charge in [-0.2, -0.15) is 0 Å². The number of para-hydroxylation sites is 1. The minimum atomic E-state index is -0.764. The van der Waals surface area contributed by atoms with Crippen LogP contribution in [0.2, 0.25) is 0 Å². The molecule has 4 heteroatoms. The number of amides is 1. The molecule has 0 radical (unpaired) electrons. The van der Waals surface area contributed by atoms with Crippen molar-refractivity contribution in [3.63, 3.8) is 0 Å². The van der Waals surface area contributed by atoms with E-state index in [1.165, 1.54) is 0 Å². The van der Waals surface area contributed by atoms with Crippen molar-refractivity contribution < 1.29 is 14.3 Å². The van der Waals surface area contributed by atoms with Gasteiger partial charge in [0.15, 0.2) is 5.78 Å². The van der Waals surface area contributed by atoms with E-state index in [0.29, 0.717) is 19.8 Å². The molecular weight excluding hydrogens is 374 g/mol. The van der Waals surface area contributed by atoms with Gasteiger partial charge in [-0.3, -0.25) is 9.59 Å².